The van der Waals surface area contributed by atoms with Crippen LogP contribution in [0, 0.1) is 0 Å². The number of nitrogens with one attached hydrogen (secondary N) is 1. The van der Waals surface area contributed by atoms with Gasteiger partial charge in [0, 0.05) is 44.5 Å². The lowest BCUT2D eigenvalue weighted by Gasteiger charge is -2.32. The van der Waals surface area contributed by atoms with Crippen molar-refractivity contribution in [3.05, 3.63) is 46.1 Å². The van der Waals surface area contributed by atoms with Gasteiger partial charge in [0.25, 0.3) is 5.56 Å². The maximum absolute atomic E-state index is 12.4. The molecule has 2 aromatic heterocycles. The molecule has 0 fully saturated rings. The van der Waals surface area contributed by atoms with Crippen molar-refractivity contribution in [3.8, 4) is 0 Å². The first-order chi connectivity index (χ1) is 12.1. The highest BCUT2D eigenvalue weighted by atomic mass is 16.2. The summed E-state index contributed by atoms with van der Waals surface area (Å²) in [5, 5.41) is 7.18. The normalized spacial score (nSPS) is 15.4. The number of aromatic nitrogens is 4. The molecule has 0 bridgehead atoms. The molecule has 1 unspecified atom stereocenters. The van der Waals surface area contributed by atoms with Crippen molar-refractivity contribution in [2.24, 2.45) is 0 Å². The molecule has 25 heavy (non-hydrogen) atoms. The molecule has 0 radical (unpaired) electrons. The summed E-state index contributed by atoms with van der Waals surface area (Å²) in [7, 11) is 0. The lowest BCUT2D eigenvalue weighted by atomic mass is 10.0. The van der Waals surface area contributed by atoms with Crippen LogP contribution in [-0.2, 0) is 24.3 Å². The van der Waals surface area contributed by atoms with Gasteiger partial charge in [-0.25, -0.2) is 14.6 Å². The SMILES string of the molecule is CCCn1nc2c(cc1=O)CN(C(C)C(=O)Nc1ncccn1)CC2. The van der Waals surface area contributed by atoms with Gasteiger partial charge in [0.1, 0.15) is 0 Å². The minimum absolute atomic E-state index is 0.0859. The summed E-state index contributed by atoms with van der Waals surface area (Å²) >= 11 is 0. The van der Waals surface area contributed by atoms with Gasteiger partial charge in [0.2, 0.25) is 11.9 Å². The zero-order chi connectivity index (χ0) is 17.8. The van der Waals surface area contributed by atoms with Gasteiger partial charge in [-0.3, -0.25) is 19.8 Å². The minimum atomic E-state index is -0.352. The van der Waals surface area contributed by atoms with Crippen LogP contribution in [0.5, 0.6) is 0 Å². The molecule has 0 saturated carbocycles. The highest BCUT2D eigenvalue weighted by molar-refractivity contribution is 5.93. The standard InChI is InChI=1S/C17H22N6O2/c1-3-8-23-15(24)10-13-11-22(9-5-14(13)21-23)12(2)16(25)20-17-18-6-4-7-19-17/h4,6-7,10,12H,3,5,8-9,11H2,1-2H3,(H,18,19,20,25). The molecule has 1 aliphatic rings. The Bertz CT molecular complexity index is 805. The Kier molecular flexibility index (Phi) is 5.18. The Balaban J connectivity index is 1.70. The minimum Gasteiger partial charge on any atom is -0.293 e. The fraction of sp³-hybridized carbons (Fsp3) is 0.471. The molecule has 1 atom stereocenters. The molecule has 0 aliphatic carbocycles. The molecular formula is C17H22N6O2. The molecule has 1 N–H and O–H groups in total. The van der Waals surface area contributed by atoms with Crippen LogP contribution in [-0.4, -0.2) is 43.1 Å². The third kappa shape index (κ3) is 3.90. The summed E-state index contributed by atoms with van der Waals surface area (Å²) in [5.41, 5.74) is 1.76. The predicted octanol–water partition coefficient (Wildman–Crippen LogP) is 0.829. The van der Waals surface area contributed by atoms with Gasteiger partial charge in [-0.1, -0.05) is 6.92 Å². The second-order valence-electron chi connectivity index (χ2n) is 6.14. The van der Waals surface area contributed by atoms with E-state index in [-0.39, 0.29) is 17.5 Å². The maximum Gasteiger partial charge on any atom is 0.267 e. The Morgan fingerprint density at radius 1 is 1.36 bits per heavy atom. The number of hydrogen-bond acceptors (Lipinski definition) is 6. The summed E-state index contributed by atoms with van der Waals surface area (Å²) < 4.78 is 1.53. The van der Waals surface area contributed by atoms with E-state index in [1.54, 1.807) is 24.5 Å². The van der Waals surface area contributed by atoms with Gasteiger partial charge in [0.15, 0.2) is 0 Å². The second-order valence-corrected chi connectivity index (χ2v) is 6.14. The summed E-state index contributed by atoms with van der Waals surface area (Å²) in [6.45, 7) is 5.75. The van der Waals surface area contributed by atoms with E-state index in [9.17, 15) is 9.59 Å². The molecule has 1 aliphatic heterocycles. The Morgan fingerprint density at radius 3 is 2.84 bits per heavy atom. The number of amides is 1. The number of carbonyl (C=O) groups is 1. The zero-order valence-electron chi connectivity index (χ0n) is 14.5. The van der Waals surface area contributed by atoms with E-state index >= 15 is 0 Å². The summed E-state index contributed by atoms with van der Waals surface area (Å²) in [4.78, 5) is 34.6. The van der Waals surface area contributed by atoms with Crippen LogP contribution in [0.2, 0.25) is 0 Å². The fourth-order valence-electron chi connectivity index (χ4n) is 2.91. The number of nitrogens with zero attached hydrogens (tertiary/aromatic N) is 5. The molecule has 3 rings (SSSR count). The molecule has 0 aromatic carbocycles. The fourth-order valence-corrected chi connectivity index (χ4v) is 2.91. The Morgan fingerprint density at radius 2 is 2.12 bits per heavy atom. The summed E-state index contributed by atoms with van der Waals surface area (Å²) in [6, 6.07) is 2.99. The predicted molar refractivity (Wildman–Crippen MR) is 93.0 cm³/mol. The molecule has 8 heteroatoms. The van der Waals surface area contributed by atoms with E-state index in [1.807, 2.05) is 18.7 Å². The van der Waals surface area contributed by atoms with Gasteiger partial charge in [-0.2, -0.15) is 5.10 Å². The van der Waals surface area contributed by atoms with Crippen molar-refractivity contribution in [1.29, 1.82) is 0 Å². The van der Waals surface area contributed by atoms with Crippen molar-refractivity contribution >= 4 is 11.9 Å². The van der Waals surface area contributed by atoms with Crippen molar-refractivity contribution < 1.29 is 4.79 Å². The lowest BCUT2D eigenvalue weighted by molar-refractivity contribution is -0.121. The number of carbonyl (C=O) groups excluding carboxylic acids is 1. The summed E-state index contributed by atoms with van der Waals surface area (Å²) in [6.07, 6.45) is 4.75. The average molecular weight is 342 g/mol. The number of hydrogen-bond donors (Lipinski definition) is 1. The quantitative estimate of drug-likeness (QED) is 0.865. The largest absolute Gasteiger partial charge is 0.293 e. The van der Waals surface area contributed by atoms with E-state index in [4.69, 9.17) is 0 Å². The topological polar surface area (TPSA) is 93.0 Å². The first-order valence-corrected chi connectivity index (χ1v) is 8.50. The number of aryl methyl sites for hydroxylation is 1. The molecule has 8 nitrogen and oxygen atoms in total. The van der Waals surface area contributed by atoms with E-state index < -0.39 is 0 Å². The van der Waals surface area contributed by atoms with E-state index in [1.165, 1.54) is 4.68 Å². The molecule has 0 spiro atoms. The lowest BCUT2D eigenvalue weighted by Crippen LogP contribution is -2.45. The van der Waals surface area contributed by atoms with Crippen LogP contribution >= 0.6 is 0 Å². The van der Waals surface area contributed by atoms with Crippen LogP contribution in [0.3, 0.4) is 0 Å². The van der Waals surface area contributed by atoms with Crippen molar-refractivity contribution in [3.63, 3.8) is 0 Å². The monoisotopic (exact) mass is 342 g/mol. The molecule has 3 heterocycles. The number of rotatable bonds is 5. The van der Waals surface area contributed by atoms with Gasteiger partial charge >= 0.3 is 0 Å². The maximum atomic E-state index is 12.4. The van der Waals surface area contributed by atoms with Gasteiger partial charge < -0.3 is 0 Å². The molecule has 0 saturated heterocycles. The number of fused-ring (bicyclic) bond motifs is 1. The number of anilines is 1. The third-order valence-electron chi connectivity index (χ3n) is 4.34. The molecular weight excluding hydrogens is 320 g/mol. The smallest absolute Gasteiger partial charge is 0.267 e. The Hall–Kier alpha value is -2.61. The molecule has 132 valence electrons. The van der Waals surface area contributed by atoms with Crippen LogP contribution in [0.15, 0.2) is 29.3 Å². The van der Waals surface area contributed by atoms with Crippen LogP contribution in [0.1, 0.15) is 31.5 Å². The van der Waals surface area contributed by atoms with Gasteiger partial charge in [0.05, 0.1) is 11.7 Å². The molecule has 2 aromatic rings. The zero-order valence-corrected chi connectivity index (χ0v) is 14.5. The average Bonchev–Trinajstić information content (AvgIpc) is 2.62. The highest BCUT2D eigenvalue weighted by Gasteiger charge is 2.27. The van der Waals surface area contributed by atoms with Crippen LogP contribution in [0.25, 0.3) is 0 Å². The second kappa shape index (κ2) is 7.52. The van der Waals surface area contributed by atoms with Gasteiger partial charge in [-0.15, -0.1) is 0 Å². The van der Waals surface area contributed by atoms with Crippen LogP contribution < -0.4 is 10.9 Å². The Labute approximate surface area is 145 Å². The highest BCUT2D eigenvalue weighted by Crippen LogP contribution is 2.18. The van der Waals surface area contributed by atoms with Crippen molar-refractivity contribution in [2.45, 2.75) is 45.8 Å². The van der Waals surface area contributed by atoms with Crippen molar-refractivity contribution in [2.75, 3.05) is 11.9 Å². The van der Waals surface area contributed by atoms with E-state index in [0.29, 0.717) is 25.6 Å². The van der Waals surface area contributed by atoms with Crippen LogP contribution in [0.4, 0.5) is 5.95 Å². The third-order valence-corrected chi connectivity index (χ3v) is 4.34. The first-order valence-electron chi connectivity index (χ1n) is 8.50. The van der Waals surface area contributed by atoms with E-state index in [2.05, 4.69) is 20.4 Å². The van der Waals surface area contributed by atoms with Gasteiger partial charge in [-0.05, 0) is 25.0 Å². The summed E-state index contributed by atoms with van der Waals surface area (Å²) in [5.74, 6) is 0.128. The molecule has 1 amide bonds. The first kappa shape index (κ1) is 17.2. The van der Waals surface area contributed by atoms with Crippen molar-refractivity contribution in [1.82, 2.24) is 24.6 Å². The van der Waals surface area contributed by atoms with E-state index in [0.717, 1.165) is 24.1 Å².